The zero-order valence-corrected chi connectivity index (χ0v) is 10.3. The number of ether oxygens (including phenoxy) is 2. The van der Waals surface area contributed by atoms with Crippen molar-refractivity contribution in [3.05, 3.63) is 25.3 Å². The van der Waals surface area contributed by atoms with Crippen molar-refractivity contribution in [3.8, 4) is 0 Å². The van der Waals surface area contributed by atoms with E-state index in [0.717, 1.165) is 0 Å². The second kappa shape index (κ2) is 14.3. The van der Waals surface area contributed by atoms with Crippen LogP contribution in [-0.4, -0.2) is 48.8 Å². The number of hydrogen-bond donors (Lipinski definition) is 2. The smallest absolute Gasteiger partial charge is 0.0745 e. The lowest BCUT2D eigenvalue weighted by molar-refractivity contribution is 0.00392. The first-order chi connectivity index (χ1) is 7.54. The van der Waals surface area contributed by atoms with Gasteiger partial charge < -0.3 is 19.7 Å². The zero-order valence-electron chi connectivity index (χ0n) is 10.3. The molecule has 0 aromatic carbocycles. The molecule has 2 unspecified atom stereocenters. The lowest BCUT2D eigenvalue weighted by Crippen LogP contribution is -2.16. The molecule has 0 amide bonds. The van der Waals surface area contributed by atoms with Crippen LogP contribution >= 0.6 is 0 Å². The minimum Gasteiger partial charge on any atom is -0.391 e. The fraction of sp³-hybridized carbons (Fsp3) is 0.667. The van der Waals surface area contributed by atoms with Crippen molar-refractivity contribution in [3.63, 3.8) is 0 Å². The third-order valence-corrected chi connectivity index (χ3v) is 1.19. The Balaban J connectivity index is 0. The molecule has 4 heteroatoms. The van der Waals surface area contributed by atoms with Gasteiger partial charge in [0.2, 0.25) is 0 Å². The van der Waals surface area contributed by atoms with Crippen LogP contribution in [0.4, 0.5) is 0 Å². The lowest BCUT2D eigenvalue weighted by atomic mass is 10.4. The van der Waals surface area contributed by atoms with Crippen LogP contribution in [0.5, 0.6) is 0 Å². The lowest BCUT2D eigenvalue weighted by Gasteiger charge is -2.06. The standard InChI is InChI=1S/C6H14O3.C6H10O/c1-5(7)3-9-4-6(2)8;1-3-5-7-6-4-2/h5-8H,3-4H2,1-2H3;3-4H,1-2,5-6H2. The van der Waals surface area contributed by atoms with Gasteiger partial charge in [-0.15, -0.1) is 13.2 Å². The molecule has 0 saturated carbocycles. The SMILES string of the molecule is C=CCOCC=C.CC(O)COCC(C)O. The summed E-state index contributed by atoms with van der Waals surface area (Å²) in [7, 11) is 0. The topological polar surface area (TPSA) is 58.9 Å². The summed E-state index contributed by atoms with van der Waals surface area (Å²) < 4.78 is 9.75. The van der Waals surface area contributed by atoms with Gasteiger partial charge in [-0.25, -0.2) is 0 Å². The van der Waals surface area contributed by atoms with E-state index in [4.69, 9.17) is 19.7 Å². The molecular weight excluding hydrogens is 208 g/mol. The van der Waals surface area contributed by atoms with Crippen LogP contribution in [0.3, 0.4) is 0 Å². The molecule has 96 valence electrons. The van der Waals surface area contributed by atoms with Crippen molar-refractivity contribution in [1.29, 1.82) is 0 Å². The van der Waals surface area contributed by atoms with Crippen LogP contribution in [0.2, 0.25) is 0 Å². The number of hydrogen-bond acceptors (Lipinski definition) is 4. The normalized spacial score (nSPS) is 13.2. The molecule has 0 aromatic rings. The maximum Gasteiger partial charge on any atom is 0.0745 e. The second-order valence-electron chi connectivity index (χ2n) is 3.35. The van der Waals surface area contributed by atoms with Crippen LogP contribution < -0.4 is 0 Å². The fourth-order valence-electron chi connectivity index (χ4n) is 0.644. The number of rotatable bonds is 8. The highest BCUT2D eigenvalue weighted by atomic mass is 16.5. The monoisotopic (exact) mass is 232 g/mol. The highest BCUT2D eigenvalue weighted by molar-refractivity contribution is 4.68. The van der Waals surface area contributed by atoms with Gasteiger partial charge in [-0.3, -0.25) is 0 Å². The van der Waals surface area contributed by atoms with E-state index in [1.165, 1.54) is 0 Å². The molecule has 16 heavy (non-hydrogen) atoms. The van der Waals surface area contributed by atoms with Crippen LogP contribution in [-0.2, 0) is 9.47 Å². The summed E-state index contributed by atoms with van der Waals surface area (Å²) in [4.78, 5) is 0. The largest absolute Gasteiger partial charge is 0.391 e. The quantitative estimate of drug-likeness (QED) is 0.487. The molecule has 0 aliphatic heterocycles. The Bertz CT molecular complexity index is 139. The van der Waals surface area contributed by atoms with Crippen LogP contribution in [0.25, 0.3) is 0 Å². The van der Waals surface area contributed by atoms with Crippen molar-refractivity contribution < 1.29 is 19.7 Å². The highest BCUT2D eigenvalue weighted by Crippen LogP contribution is 1.85. The summed E-state index contributed by atoms with van der Waals surface area (Å²) >= 11 is 0. The summed E-state index contributed by atoms with van der Waals surface area (Å²) in [5.74, 6) is 0. The molecular formula is C12H24O4. The molecule has 2 atom stereocenters. The van der Waals surface area contributed by atoms with E-state index in [-0.39, 0.29) is 0 Å². The first kappa shape index (κ1) is 17.7. The third-order valence-electron chi connectivity index (χ3n) is 1.19. The van der Waals surface area contributed by atoms with Crippen molar-refractivity contribution in [2.75, 3.05) is 26.4 Å². The molecule has 4 nitrogen and oxygen atoms in total. The van der Waals surface area contributed by atoms with Gasteiger partial charge in [0.05, 0.1) is 38.6 Å². The van der Waals surface area contributed by atoms with Gasteiger partial charge in [-0.05, 0) is 13.8 Å². The minimum absolute atomic E-state index is 0.297. The van der Waals surface area contributed by atoms with Crippen molar-refractivity contribution >= 4 is 0 Å². The maximum atomic E-state index is 8.66. The van der Waals surface area contributed by atoms with E-state index in [1.807, 2.05) is 0 Å². The molecule has 0 rings (SSSR count). The first-order valence-electron chi connectivity index (χ1n) is 5.28. The second-order valence-corrected chi connectivity index (χ2v) is 3.35. The van der Waals surface area contributed by atoms with E-state index < -0.39 is 12.2 Å². The van der Waals surface area contributed by atoms with E-state index in [1.54, 1.807) is 26.0 Å². The van der Waals surface area contributed by atoms with Crippen molar-refractivity contribution in [1.82, 2.24) is 0 Å². The van der Waals surface area contributed by atoms with Gasteiger partial charge in [0.1, 0.15) is 0 Å². The van der Waals surface area contributed by atoms with Crippen LogP contribution in [0.1, 0.15) is 13.8 Å². The average molecular weight is 232 g/mol. The average Bonchev–Trinajstić information content (AvgIpc) is 2.18. The molecule has 0 aliphatic carbocycles. The zero-order chi connectivity index (χ0) is 12.8. The maximum absolute atomic E-state index is 8.66. The van der Waals surface area contributed by atoms with Gasteiger partial charge in [-0.1, -0.05) is 12.2 Å². The molecule has 0 aliphatic rings. The first-order valence-corrected chi connectivity index (χ1v) is 5.28. The Morgan fingerprint density at radius 1 is 0.938 bits per heavy atom. The highest BCUT2D eigenvalue weighted by Gasteiger charge is 1.97. The molecule has 0 aromatic heterocycles. The van der Waals surface area contributed by atoms with E-state index in [2.05, 4.69) is 13.2 Å². The molecule has 0 saturated heterocycles. The summed E-state index contributed by atoms with van der Waals surface area (Å²) in [6, 6.07) is 0. The van der Waals surface area contributed by atoms with Gasteiger partial charge >= 0.3 is 0 Å². The Kier molecular flexibility index (Phi) is 15.8. The predicted octanol–water partition coefficient (Wildman–Crippen LogP) is 1.14. The molecule has 2 N–H and O–H groups in total. The minimum atomic E-state index is -0.441. The van der Waals surface area contributed by atoms with Gasteiger partial charge in [0.15, 0.2) is 0 Å². The molecule has 0 spiro atoms. The van der Waals surface area contributed by atoms with Gasteiger partial charge in [0, 0.05) is 0 Å². The number of aliphatic hydroxyl groups is 2. The predicted molar refractivity (Wildman–Crippen MR) is 65.4 cm³/mol. The Morgan fingerprint density at radius 3 is 1.56 bits per heavy atom. The van der Waals surface area contributed by atoms with E-state index in [0.29, 0.717) is 26.4 Å². The Hall–Kier alpha value is -0.680. The molecule has 0 bridgehead atoms. The third kappa shape index (κ3) is 23.3. The van der Waals surface area contributed by atoms with Crippen LogP contribution in [0, 0.1) is 0 Å². The number of aliphatic hydroxyl groups excluding tert-OH is 2. The fourth-order valence-corrected chi connectivity index (χ4v) is 0.644. The summed E-state index contributed by atoms with van der Waals surface area (Å²) in [5.41, 5.74) is 0. The molecule has 0 fully saturated rings. The van der Waals surface area contributed by atoms with Gasteiger partial charge in [-0.2, -0.15) is 0 Å². The van der Waals surface area contributed by atoms with Crippen molar-refractivity contribution in [2.45, 2.75) is 26.1 Å². The van der Waals surface area contributed by atoms with Crippen LogP contribution in [0.15, 0.2) is 25.3 Å². The summed E-state index contributed by atoms with van der Waals surface area (Å²) in [6.45, 7) is 12.1. The molecule has 0 radical (unpaired) electrons. The Labute approximate surface area is 98.2 Å². The Morgan fingerprint density at radius 2 is 1.31 bits per heavy atom. The molecule has 0 heterocycles. The summed E-state index contributed by atoms with van der Waals surface area (Å²) in [5, 5.41) is 17.3. The van der Waals surface area contributed by atoms with E-state index >= 15 is 0 Å². The van der Waals surface area contributed by atoms with Crippen molar-refractivity contribution in [2.24, 2.45) is 0 Å². The summed E-state index contributed by atoms with van der Waals surface area (Å²) in [6.07, 6.45) is 2.54. The van der Waals surface area contributed by atoms with Gasteiger partial charge in [0.25, 0.3) is 0 Å². The van der Waals surface area contributed by atoms with E-state index in [9.17, 15) is 0 Å².